The number of piperidine rings is 1. The van der Waals surface area contributed by atoms with Crippen molar-refractivity contribution in [2.45, 2.75) is 19.3 Å². The number of hydrogen-bond donors (Lipinski definition) is 3. The summed E-state index contributed by atoms with van der Waals surface area (Å²) < 4.78 is 16.3. The zero-order valence-electron chi connectivity index (χ0n) is 14.1. The third-order valence-electron chi connectivity index (χ3n) is 4.75. The van der Waals surface area contributed by atoms with Crippen LogP contribution in [0, 0.1) is 5.92 Å². The fraction of sp³-hybridized carbons (Fsp3) is 0.500. The number of nitrogens with two attached hydrogens (primary N) is 1. The Balaban J connectivity index is 1.75. The van der Waals surface area contributed by atoms with Crippen LogP contribution in [0.1, 0.15) is 19.3 Å². The fourth-order valence-corrected chi connectivity index (χ4v) is 4.04. The van der Waals surface area contributed by atoms with Crippen LogP contribution in [0.4, 0.5) is 11.5 Å². The minimum atomic E-state index is -3.91. The molecule has 1 aromatic heterocycles. The highest BCUT2D eigenvalue weighted by atomic mass is 31.2. The maximum Gasteiger partial charge on any atom is 0.325 e. The van der Waals surface area contributed by atoms with Crippen molar-refractivity contribution < 1.29 is 19.1 Å². The first-order chi connectivity index (χ1) is 11.9. The second-order valence-corrected chi connectivity index (χ2v) is 8.16. The third-order valence-corrected chi connectivity index (χ3v) is 5.59. The lowest BCUT2D eigenvalue weighted by Gasteiger charge is -2.33. The summed E-state index contributed by atoms with van der Waals surface area (Å²) in [4.78, 5) is 29.0. The number of nitrogens with zero attached hydrogens (tertiary/aromatic N) is 3. The number of nitrogen functional groups attached to an aromatic ring is 1. The molecule has 0 amide bonds. The molecule has 0 saturated carbocycles. The molecule has 9 heteroatoms. The van der Waals surface area contributed by atoms with Crippen LogP contribution in [0.2, 0.25) is 0 Å². The average molecular weight is 366 g/mol. The van der Waals surface area contributed by atoms with Gasteiger partial charge < -0.3 is 25.2 Å². The molecule has 8 nitrogen and oxygen atoms in total. The number of anilines is 2. The molecule has 0 atom stereocenters. The van der Waals surface area contributed by atoms with Crippen molar-refractivity contribution in [3.8, 4) is 5.75 Å². The van der Waals surface area contributed by atoms with Gasteiger partial charge in [-0.1, -0.05) is 0 Å². The van der Waals surface area contributed by atoms with Crippen LogP contribution >= 0.6 is 7.60 Å². The summed E-state index contributed by atoms with van der Waals surface area (Å²) in [6, 6.07) is 3.73. The molecule has 1 saturated heterocycles. The summed E-state index contributed by atoms with van der Waals surface area (Å²) in [5, 5.41) is 0.884. The molecule has 1 fully saturated rings. The Morgan fingerprint density at radius 2 is 2.04 bits per heavy atom. The van der Waals surface area contributed by atoms with Crippen LogP contribution in [0.5, 0.6) is 5.75 Å². The Morgan fingerprint density at radius 3 is 2.68 bits per heavy atom. The molecule has 136 valence electrons. The maximum absolute atomic E-state index is 11.0. The van der Waals surface area contributed by atoms with Crippen molar-refractivity contribution >= 4 is 30.0 Å². The molecule has 0 unspecified atom stereocenters. The summed E-state index contributed by atoms with van der Waals surface area (Å²) >= 11 is 0. The van der Waals surface area contributed by atoms with Crippen molar-refractivity contribution in [2.75, 3.05) is 37.0 Å². The van der Waals surface area contributed by atoms with Crippen LogP contribution in [0.15, 0.2) is 18.5 Å². The molecule has 25 heavy (non-hydrogen) atoms. The van der Waals surface area contributed by atoms with E-state index in [0.29, 0.717) is 29.3 Å². The summed E-state index contributed by atoms with van der Waals surface area (Å²) in [5.74, 6) is 1.77. The van der Waals surface area contributed by atoms with Gasteiger partial charge in [-0.05, 0) is 37.3 Å². The summed E-state index contributed by atoms with van der Waals surface area (Å²) in [6.07, 6.45) is 3.80. The molecular formula is C16H23N4O4P. The van der Waals surface area contributed by atoms with Gasteiger partial charge in [0.05, 0.1) is 13.3 Å². The van der Waals surface area contributed by atoms with Gasteiger partial charge in [0.15, 0.2) is 0 Å². The first kappa shape index (κ1) is 17.9. The number of methoxy groups -OCH3 is 1. The van der Waals surface area contributed by atoms with Crippen LogP contribution in [0.25, 0.3) is 10.9 Å². The highest BCUT2D eigenvalue weighted by Crippen LogP contribution is 2.38. The SMILES string of the molecule is COc1ccc2c(N3CCC(CCP(=O)(O)O)CC3)ncnc2c1N. The number of fused-ring (bicyclic) bond motifs is 1. The second-order valence-electron chi connectivity index (χ2n) is 6.38. The van der Waals surface area contributed by atoms with E-state index in [2.05, 4.69) is 14.9 Å². The standard InChI is InChI=1S/C16H23N4O4P/c1-24-13-3-2-12-15(14(13)17)18-10-19-16(12)20-7-4-11(5-8-20)6-9-25(21,22)23/h2-3,10-11H,4-9,17H2,1H3,(H2,21,22,23). The molecule has 1 aliphatic rings. The molecule has 1 aliphatic heterocycles. The van der Waals surface area contributed by atoms with E-state index < -0.39 is 7.60 Å². The van der Waals surface area contributed by atoms with E-state index in [1.54, 1.807) is 7.11 Å². The third kappa shape index (κ3) is 4.03. The van der Waals surface area contributed by atoms with Gasteiger partial charge in [0.25, 0.3) is 0 Å². The monoisotopic (exact) mass is 366 g/mol. The van der Waals surface area contributed by atoms with E-state index in [4.69, 9.17) is 20.3 Å². The number of ether oxygens (including phenoxy) is 1. The lowest BCUT2D eigenvalue weighted by atomic mass is 9.94. The molecule has 1 aromatic carbocycles. The van der Waals surface area contributed by atoms with Crippen molar-refractivity contribution in [2.24, 2.45) is 5.92 Å². The predicted molar refractivity (Wildman–Crippen MR) is 97.0 cm³/mol. The molecule has 0 spiro atoms. The molecule has 0 radical (unpaired) electrons. The maximum atomic E-state index is 11.0. The summed E-state index contributed by atoms with van der Waals surface area (Å²) in [6.45, 7) is 1.59. The van der Waals surface area contributed by atoms with E-state index in [9.17, 15) is 4.57 Å². The minimum absolute atomic E-state index is 0.0373. The number of rotatable bonds is 5. The van der Waals surface area contributed by atoms with E-state index in [1.807, 2.05) is 12.1 Å². The quantitative estimate of drug-likeness (QED) is 0.543. The van der Waals surface area contributed by atoms with Crippen molar-refractivity contribution in [1.82, 2.24) is 9.97 Å². The first-order valence-corrected chi connectivity index (χ1v) is 10.1. The number of benzene rings is 1. The van der Waals surface area contributed by atoms with Crippen LogP contribution in [-0.4, -0.2) is 46.1 Å². The summed E-state index contributed by atoms with van der Waals surface area (Å²) in [7, 11) is -2.34. The first-order valence-electron chi connectivity index (χ1n) is 8.25. The lowest BCUT2D eigenvalue weighted by molar-refractivity contribution is 0.350. The minimum Gasteiger partial charge on any atom is -0.495 e. The van der Waals surface area contributed by atoms with Crippen molar-refractivity contribution in [1.29, 1.82) is 0 Å². The number of hydrogen-bond acceptors (Lipinski definition) is 6. The smallest absolute Gasteiger partial charge is 0.325 e. The van der Waals surface area contributed by atoms with Crippen LogP contribution < -0.4 is 15.4 Å². The Bertz CT molecular complexity index is 802. The van der Waals surface area contributed by atoms with Gasteiger partial charge in [0.1, 0.15) is 29.1 Å². The molecule has 2 aromatic rings. The largest absolute Gasteiger partial charge is 0.495 e. The number of aromatic nitrogens is 2. The molecule has 2 heterocycles. The van der Waals surface area contributed by atoms with E-state index >= 15 is 0 Å². The van der Waals surface area contributed by atoms with E-state index in [-0.39, 0.29) is 6.16 Å². The highest BCUT2D eigenvalue weighted by Gasteiger charge is 2.24. The molecular weight excluding hydrogens is 343 g/mol. The van der Waals surface area contributed by atoms with Gasteiger partial charge in [-0.3, -0.25) is 4.57 Å². The Hall–Kier alpha value is -1.89. The van der Waals surface area contributed by atoms with Gasteiger partial charge in [-0.15, -0.1) is 0 Å². The molecule has 0 bridgehead atoms. The topological polar surface area (TPSA) is 122 Å². The zero-order valence-corrected chi connectivity index (χ0v) is 15.0. The van der Waals surface area contributed by atoms with Gasteiger partial charge >= 0.3 is 7.60 Å². The van der Waals surface area contributed by atoms with E-state index in [1.165, 1.54) is 6.33 Å². The van der Waals surface area contributed by atoms with Crippen LogP contribution in [0.3, 0.4) is 0 Å². The molecule has 0 aliphatic carbocycles. The Kier molecular flexibility index (Phi) is 5.13. The van der Waals surface area contributed by atoms with Gasteiger partial charge in [0, 0.05) is 18.5 Å². The van der Waals surface area contributed by atoms with Gasteiger partial charge in [-0.2, -0.15) is 0 Å². The fourth-order valence-electron chi connectivity index (χ4n) is 3.33. The predicted octanol–water partition coefficient (Wildman–Crippen LogP) is 2.00. The van der Waals surface area contributed by atoms with Gasteiger partial charge in [0.2, 0.25) is 0 Å². The zero-order chi connectivity index (χ0) is 18.0. The highest BCUT2D eigenvalue weighted by molar-refractivity contribution is 7.51. The normalized spacial score (nSPS) is 16.4. The second kappa shape index (κ2) is 7.15. The van der Waals surface area contributed by atoms with Crippen LogP contribution in [-0.2, 0) is 4.57 Å². The Labute approximate surface area is 146 Å². The van der Waals surface area contributed by atoms with E-state index in [0.717, 1.165) is 37.1 Å². The molecule has 3 rings (SSSR count). The molecule has 4 N–H and O–H groups in total. The Morgan fingerprint density at radius 1 is 1.32 bits per heavy atom. The van der Waals surface area contributed by atoms with Gasteiger partial charge in [-0.25, -0.2) is 9.97 Å². The summed E-state index contributed by atoms with van der Waals surface area (Å²) in [5.41, 5.74) is 7.30. The van der Waals surface area contributed by atoms with Crippen molar-refractivity contribution in [3.05, 3.63) is 18.5 Å². The van der Waals surface area contributed by atoms with Crippen molar-refractivity contribution in [3.63, 3.8) is 0 Å². The lowest BCUT2D eigenvalue weighted by Crippen LogP contribution is -2.34. The average Bonchev–Trinajstić information content (AvgIpc) is 2.60.